The first-order valence-electron chi connectivity index (χ1n) is 6.37. The number of carbonyl (C=O) groups excluding carboxylic acids is 1. The van der Waals surface area contributed by atoms with Crippen LogP contribution in [-0.4, -0.2) is 38.3 Å². The molecule has 1 atom stereocenters. The number of hydrogen-bond donors (Lipinski definition) is 1. The normalized spacial score (nSPS) is 23.5. The number of benzene rings is 1. The highest BCUT2D eigenvalue weighted by molar-refractivity contribution is 5.96. The lowest BCUT2D eigenvalue weighted by molar-refractivity contribution is -0.137. The number of rotatable bonds is 4. The van der Waals surface area contributed by atoms with Crippen molar-refractivity contribution in [2.24, 2.45) is 5.73 Å². The fraction of sp³-hybridized carbons (Fsp3) is 0.500. The van der Waals surface area contributed by atoms with Gasteiger partial charge >= 0.3 is 0 Å². The molecule has 0 saturated carbocycles. The third kappa shape index (κ3) is 2.88. The van der Waals surface area contributed by atoms with E-state index in [9.17, 15) is 4.79 Å². The molecular weight excluding hydrogens is 244 g/mol. The van der Waals surface area contributed by atoms with E-state index in [1.165, 1.54) is 0 Å². The molecule has 1 heterocycles. The van der Waals surface area contributed by atoms with Crippen molar-refractivity contribution in [2.75, 3.05) is 31.7 Å². The number of carbonyl (C=O) groups is 1. The maximum Gasteiger partial charge on any atom is 0.253 e. The van der Waals surface area contributed by atoms with Crippen molar-refractivity contribution in [3.05, 3.63) is 24.3 Å². The maximum absolute atomic E-state index is 12.1. The molecule has 1 aliphatic rings. The van der Waals surface area contributed by atoms with Gasteiger partial charge in [0, 0.05) is 0 Å². The summed E-state index contributed by atoms with van der Waals surface area (Å²) in [6, 6.07) is 7.50. The number of ether oxygens (including phenoxy) is 2. The van der Waals surface area contributed by atoms with Crippen LogP contribution < -0.4 is 15.4 Å². The van der Waals surface area contributed by atoms with Crippen LogP contribution >= 0.6 is 0 Å². The van der Waals surface area contributed by atoms with Gasteiger partial charge in [0.15, 0.2) is 0 Å². The zero-order valence-electron chi connectivity index (χ0n) is 11.4. The van der Waals surface area contributed by atoms with E-state index in [2.05, 4.69) is 0 Å². The van der Waals surface area contributed by atoms with E-state index in [0.29, 0.717) is 25.3 Å². The minimum atomic E-state index is -0.399. The van der Waals surface area contributed by atoms with Gasteiger partial charge in [-0.3, -0.25) is 4.79 Å². The molecule has 1 fully saturated rings. The molecule has 0 aromatic heterocycles. The summed E-state index contributed by atoms with van der Waals surface area (Å²) in [5.74, 6) is 0.631. The van der Waals surface area contributed by atoms with Crippen LogP contribution in [0.25, 0.3) is 0 Å². The van der Waals surface area contributed by atoms with E-state index >= 15 is 0 Å². The standard InChI is InChI=1S/C14H20N2O3/c1-14(7-8-15)10-16(13(17)9-19-14)11-5-3-4-6-12(11)18-2/h3-6H,7-10,15H2,1-2H3. The third-order valence-corrected chi connectivity index (χ3v) is 3.39. The Morgan fingerprint density at radius 2 is 2.21 bits per heavy atom. The van der Waals surface area contributed by atoms with Crippen molar-refractivity contribution in [1.29, 1.82) is 0 Å². The molecule has 5 nitrogen and oxygen atoms in total. The fourth-order valence-electron chi connectivity index (χ4n) is 2.31. The molecule has 0 spiro atoms. The molecule has 1 aliphatic heterocycles. The highest BCUT2D eigenvalue weighted by atomic mass is 16.5. The Bertz CT molecular complexity index is 464. The molecule has 1 unspecified atom stereocenters. The van der Waals surface area contributed by atoms with E-state index in [0.717, 1.165) is 5.69 Å². The second-order valence-corrected chi connectivity index (χ2v) is 4.93. The number of amides is 1. The SMILES string of the molecule is COc1ccccc1N1CC(C)(CCN)OCC1=O. The molecule has 2 N–H and O–H groups in total. The van der Waals surface area contributed by atoms with Crippen LogP contribution in [-0.2, 0) is 9.53 Å². The first-order chi connectivity index (χ1) is 9.09. The average molecular weight is 264 g/mol. The van der Waals surface area contributed by atoms with Crippen molar-refractivity contribution >= 4 is 11.6 Å². The summed E-state index contributed by atoms with van der Waals surface area (Å²) in [6.45, 7) is 3.08. The number of methoxy groups -OCH3 is 1. The smallest absolute Gasteiger partial charge is 0.253 e. The van der Waals surface area contributed by atoms with Crippen molar-refractivity contribution in [1.82, 2.24) is 0 Å². The fourth-order valence-corrected chi connectivity index (χ4v) is 2.31. The third-order valence-electron chi connectivity index (χ3n) is 3.39. The molecule has 1 aromatic carbocycles. The molecule has 0 radical (unpaired) electrons. The minimum absolute atomic E-state index is 0.0565. The molecular formula is C14H20N2O3. The molecule has 5 heteroatoms. The Morgan fingerprint density at radius 3 is 2.89 bits per heavy atom. The summed E-state index contributed by atoms with van der Waals surface area (Å²) in [4.78, 5) is 13.8. The van der Waals surface area contributed by atoms with Crippen molar-refractivity contribution in [2.45, 2.75) is 18.9 Å². The second kappa shape index (κ2) is 5.59. The number of hydrogen-bond acceptors (Lipinski definition) is 4. The quantitative estimate of drug-likeness (QED) is 0.886. The van der Waals surface area contributed by atoms with Gasteiger partial charge in [-0.25, -0.2) is 0 Å². The minimum Gasteiger partial charge on any atom is -0.495 e. The van der Waals surface area contributed by atoms with Gasteiger partial charge in [0.25, 0.3) is 5.91 Å². The predicted octanol–water partition coefficient (Wildman–Crippen LogP) is 1.17. The molecule has 1 amide bonds. The topological polar surface area (TPSA) is 64.8 Å². The Balaban J connectivity index is 2.28. The van der Waals surface area contributed by atoms with Crippen LogP contribution in [0.3, 0.4) is 0 Å². The number of nitrogens with zero attached hydrogens (tertiary/aromatic N) is 1. The van der Waals surface area contributed by atoms with Crippen LogP contribution in [0.15, 0.2) is 24.3 Å². The summed E-state index contributed by atoms with van der Waals surface area (Å²) in [5.41, 5.74) is 5.99. The maximum atomic E-state index is 12.1. The Labute approximate surface area is 113 Å². The summed E-state index contributed by atoms with van der Waals surface area (Å²) in [5, 5.41) is 0. The van der Waals surface area contributed by atoms with Crippen LogP contribution in [0.5, 0.6) is 5.75 Å². The van der Waals surface area contributed by atoms with E-state index in [-0.39, 0.29) is 12.5 Å². The number of para-hydroxylation sites is 2. The Hall–Kier alpha value is -1.59. The Kier molecular flexibility index (Phi) is 4.07. The lowest BCUT2D eigenvalue weighted by Crippen LogP contribution is -2.54. The van der Waals surface area contributed by atoms with Gasteiger partial charge in [0.1, 0.15) is 12.4 Å². The molecule has 1 aromatic rings. The monoisotopic (exact) mass is 264 g/mol. The first kappa shape index (κ1) is 13.8. The average Bonchev–Trinajstić information content (AvgIpc) is 2.42. The van der Waals surface area contributed by atoms with Gasteiger partial charge in [-0.2, -0.15) is 0 Å². The van der Waals surface area contributed by atoms with Crippen molar-refractivity contribution < 1.29 is 14.3 Å². The van der Waals surface area contributed by atoms with Gasteiger partial charge < -0.3 is 20.1 Å². The molecule has 0 aliphatic carbocycles. The predicted molar refractivity (Wildman–Crippen MR) is 73.4 cm³/mol. The summed E-state index contributed by atoms with van der Waals surface area (Å²) < 4.78 is 10.9. The van der Waals surface area contributed by atoms with Crippen LogP contribution in [0, 0.1) is 0 Å². The molecule has 0 bridgehead atoms. The van der Waals surface area contributed by atoms with E-state index in [1.54, 1.807) is 12.0 Å². The molecule has 19 heavy (non-hydrogen) atoms. The van der Waals surface area contributed by atoms with Gasteiger partial charge in [-0.1, -0.05) is 12.1 Å². The van der Waals surface area contributed by atoms with Crippen molar-refractivity contribution in [3.8, 4) is 5.75 Å². The number of morpholine rings is 1. The summed E-state index contributed by atoms with van der Waals surface area (Å²) in [7, 11) is 1.60. The lowest BCUT2D eigenvalue weighted by Gasteiger charge is -2.40. The van der Waals surface area contributed by atoms with Gasteiger partial charge in [-0.15, -0.1) is 0 Å². The summed E-state index contributed by atoms with van der Waals surface area (Å²) in [6.07, 6.45) is 0.714. The van der Waals surface area contributed by atoms with E-state index < -0.39 is 5.60 Å². The van der Waals surface area contributed by atoms with Crippen LogP contribution in [0.4, 0.5) is 5.69 Å². The first-order valence-corrected chi connectivity index (χ1v) is 6.37. The Morgan fingerprint density at radius 1 is 1.47 bits per heavy atom. The van der Waals surface area contributed by atoms with Gasteiger partial charge in [0.2, 0.25) is 0 Å². The highest BCUT2D eigenvalue weighted by Crippen LogP contribution is 2.32. The zero-order valence-corrected chi connectivity index (χ0v) is 11.4. The highest BCUT2D eigenvalue weighted by Gasteiger charge is 2.36. The van der Waals surface area contributed by atoms with Crippen molar-refractivity contribution in [3.63, 3.8) is 0 Å². The lowest BCUT2D eigenvalue weighted by atomic mass is 9.99. The molecule has 2 rings (SSSR count). The number of nitrogens with two attached hydrogens (primary N) is 1. The largest absolute Gasteiger partial charge is 0.495 e. The molecule has 104 valence electrons. The van der Waals surface area contributed by atoms with Gasteiger partial charge in [0.05, 0.1) is 24.9 Å². The van der Waals surface area contributed by atoms with E-state index in [4.69, 9.17) is 15.2 Å². The van der Waals surface area contributed by atoms with E-state index in [1.807, 2.05) is 31.2 Å². The zero-order chi connectivity index (χ0) is 13.9. The number of anilines is 1. The van der Waals surface area contributed by atoms with Gasteiger partial charge in [-0.05, 0) is 32.0 Å². The summed E-state index contributed by atoms with van der Waals surface area (Å²) >= 11 is 0. The van der Waals surface area contributed by atoms with Crippen LogP contribution in [0.1, 0.15) is 13.3 Å². The molecule has 1 saturated heterocycles. The van der Waals surface area contributed by atoms with Crippen LogP contribution in [0.2, 0.25) is 0 Å². The second-order valence-electron chi connectivity index (χ2n) is 4.93.